The third kappa shape index (κ3) is 1.39. The van der Waals surface area contributed by atoms with Gasteiger partial charge in [0.2, 0.25) is 0 Å². The fourth-order valence-corrected chi connectivity index (χ4v) is 2.20. The molecule has 0 saturated carbocycles. The molecule has 1 aromatic carbocycles. The SMILES string of the molecule is COC(=O)c1c[nH]c2cccc(I)c12. The molecule has 0 spiro atoms. The molecule has 1 heterocycles. The third-order valence-electron chi connectivity index (χ3n) is 2.06. The van der Waals surface area contributed by atoms with Gasteiger partial charge in [0.1, 0.15) is 0 Å². The van der Waals surface area contributed by atoms with Gasteiger partial charge in [-0.25, -0.2) is 4.79 Å². The fraction of sp³-hybridized carbons (Fsp3) is 0.100. The number of rotatable bonds is 1. The van der Waals surface area contributed by atoms with Crippen molar-refractivity contribution in [3.8, 4) is 0 Å². The van der Waals surface area contributed by atoms with Crippen LogP contribution in [0.3, 0.4) is 0 Å². The minimum atomic E-state index is -0.305. The highest BCUT2D eigenvalue weighted by molar-refractivity contribution is 14.1. The summed E-state index contributed by atoms with van der Waals surface area (Å²) in [5.41, 5.74) is 1.55. The molecule has 1 N–H and O–H groups in total. The van der Waals surface area contributed by atoms with Gasteiger partial charge in [0.25, 0.3) is 0 Å². The predicted octanol–water partition coefficient (Wildman–Crippen LogP) is 2.56. The van der Waals surface area contributed by atoms with Gasteiger partial charge in [-0.3, -0.25) is 0 Å². The van der Waals surface area contributed by atoms with Crippen LogP contribution in [0.2, 0.25) is 0 Å². The van der Waals surface area contributed by atoms with Gasteiger partial charge in [-0.05, 0) is 34.7 Å². The number of benzene rings is 1. The zero-order valence-electron chi connectivity index (χ0n) is 7.50. The molecule has 0 bridgehead atoms. The lowest BCUT2D eigenvalue weighted by atomic mass is 10.2. The Morgan fingerprint density at radius 3 is 3.00 bits per heavy atom. The smallest absolute Gasteiger partial charge is 0.340 e. The monoisotopic (exact) mass is 301 g/mol. The summed E-state index contributed by atoms with van der Waals surface area (Å²) in [6, 6.07) is 5.84. The van der Waals surface area contributed by atoms with Crippen LogP contribution in [-0.2, 0) is 4.74 Å². The Bertz CT molecular complexity index is 490. The lowest BCUT2D eigenvalue weighted by Crippen LogP contribution is -1.99. The van der Waals surface area contributed by atoms with Crippen molar-refractivity contribution in [2.24, 2.45) is 0 Å². The quantitative estimate of drug-likeness (QED) is 0.650. The van der Waals surface area contributed by atoms with E-state index in [0.29, 0.717) is 5.56 Å². The molecule has 0 saturated heterocycles. The van der Waals surface area contributed by atoms with E-state index in [0.717, 1.165) is 14.5 Å². The highest BCUT2D eigenvalue weighted by atomic mass is 127. The molecule has 1 aromatic heterocycles. The van der Waals surface area contributed by atoms with Crippen molar-refractivity contribution in [1.29, 1.82) is 0 Å². The fourth-order valence-electron chi connectivity index (χ4n) is 1.41. The Hall–Kier alpha value is -1.04. The minimum Gasteiger partial charge on any atom is -0.465 e. The zero-order valence-corrected chi connectivity index (χ0v) is 9.66. The molecule has 0 amide bonds. The van der Waals surface area contributed by atoms with Crippen molar-refractivity contribution in [3.05, 3.63) is 33.5 Å². The van der Waals surface area contributed by atoms with E-state index >= 15 is 0 Å². The lowest BCUT2D eigenvalue weighted by molar-refractivity contribution is 0.0603. The van der Waals surface area contributed by atoms with E-state index in [1.807, 2.05) is 18.2 Å². The van der Waals surface area contributed by atoms with Crippen LogP contribution in [0.5, 0.6) is 0 Å². The first-order chi connectivity index (χ1) is 6.74. The van der Waals surface area contributed by atoms with E-state index in [4.69, 9.17) is 4.74 Å². The first kappa shape index (κ1) is 9.51. The van der Waals surface area contributed by atoms with E-state index in [9.17, 15) is 4.79 Å². The van der Waals surface area contributed by atoms with E-state index in [1.54, 1.807) is 6.20 Å². The van der Waals surface area contributed by atoms with Gasteiger partial charge < -0.3 is 9.72 Å². The summed E-state index contributed by atoms with van der Waals surface area (Å²) in [4.78, 5) is 14.4. The third-order valence-corrected chi connectivity index (χ3v) is 2.96. The standard InChI is InChI=1S/C10H8INO2/c1-14-10(13)6-5-12-8-4-2-3-7(11)9(6)8/h2-5,12H,1H3. The Morgan fingerprint density at radius 2 is 2.29 bits per heavy atom. The Kier molecular flexibility index (Phi) is 2.45. The van der Waals surface area contributed by atoms with Crippen molar-refractivity contribution >= 4 is 39.5 Å². The average Bonchev–Trinajstić information content (AvgIpc) is 2.62. The number of fused-ring (bicyclic) bond motifs is 1. The van der Waals surface area contributed by atoms with E-state index < -0.39 is 0 Å². The van der Waals surface area contributed by atoms with Crippen LogP contribution in [0.25, 0.3) is 10.9 Å². The van der Waals surface area contributed by atoms with Crippen LogP contribution < -0.4 is 0 Å². The number of esters is 1. The number of methoxy groups -OCH3 is 1. The van der Waals surface area contributed by atoms with Gasteiger partial charge in [-0.15, -0.1) is 0 Å². The van der Waals surface area contributed by atoms with Crippen molar-refractivity contribution < 1.29 is 9.53 Å². The number of aromatic amines is 1. The van der Waals surface area contributed by atoms with Gasteiger partial charge in [0.15, 0.2) is 0 Å². The molecule has 2 aromatic rings. The van der Waals surface area contributed by atoms with Gasteiger partial charge in [0.05, 0.1) is 12.7 Å². The maximum atomic E-state index is 11.4. The molecular formula is C10H8INO2. The summed E-state index contributed by atoms with van der Waals surface area (Å²) in [6.45, 7) is 0. The first-order valence-electron chi connectivity index (χ1n) is 4.08. The minimum absolute atomic E-state index is 0.305. The summed E-state index contributed by atoms with van der Waals surface area (Å²) in [5, 5.41) is 0.931. The number of carbonyl (C=O) groups is 1. The van der Waals surface area contributed by atoms with Crippen LogP contribution in [0.4, 0.5) is 0 Å². The number of halogens is 1. The average molecular weight is 301 g/mol. The molecule has 0 aliphatic rings. The van der Waals surface area contributed by atoms with Crippen LogP contribution in [0.1, 0.15) is 10.4 Å². The number of aromatic nitrogens is 1. The first-order valence-corrected chi connectivity index (χ1v) is 5.16. The predicted molar refractivity (Wildman–Crippen MR) is 62.4 cm³/mol. The molecule has 0 radical (unpaired) electrons. The van der Waals surface area contributed by atoms with Gasteiger partial charge in [-0.2, -0.15) is 0 Å². The van der Waals surface area contributed by atoms with Crippen LogP contribution in [-0.4, -0.2) is 18.1 Å². The summed E-state index contributed by atoms with van der Waals surface area (Å²) in [6.07, 6.45) is 1.68. The Labute approximate surface area is 94.6 Å². The van der Waals surface area contributed by atoms with Crippen LogP contribution in [0.15, 0.2) is 24.4 Å². The largest absolute Gasteiger partial charge is 0.465 e. The summed E-state index contributed by atoms with van der Waals surface area (Å²) >= 11 is 2.20. The van der Waals surface area contributed by atoms with Crippen molar-refractivity contribution in [1.82, 2.24) is 4.98 Å². The second kappa shape index (κ2) is 3.61. The van der Waals surface area contributed by atoms with E-state index in [2.05, 4.69) is 27.6 Å². The van der Waals surface area contributed by atoms with Crippen LogP contribution >= 0.6 is 22.6 Å². The number of H-pyrrole nitrogens is 1. The molecule has 72 valence electrons. The van der Waals surface area contributed by atoms with Gasteiger partial charge >= 0.3 is 5.97 Å². The maximum Gasteiger partial charge on any atom is 0.340 e. The molecule has 0 atom stereocenters. The lowest BCUT2D eigenvalue weighted by Gasteiger charge is -1.98. The molecular weight excluding hydrogens is 293 g/mol. The molecule has 2 rings (SSSR count). The second-order valence-corrected chi connectivity index (χ2v) is 4.02. The topological polar surface area (TPSA) is 42.1 Å². The highest BCUT2D eigenvalue weighted by Crippen LogP contribution is 2.24. The number of hydrogen-bond acceptors (Lipinski definition) is 2. The van der Waals surface area contributed by atoms with E-state index in [1.165, 1.54) is 7.11 Å². The number of carbonyl (C=O) groups excluding carboxylic acids is 1. The maximum absolute atomic E-state index is 11.4. The van der Waals surface area contributed by atoms with Gasteiger partial charge in [0, 0.05) is 20.7 Å². The highest BCUT2D eigenvalue weighted by Gasteiger charge is 2.13. The Morgan fingerprint density at radius 1 is 1.50 bits per heavy atom. The van der Waals surface area contributed by atoms with E-state index in [-0.39, 0.29) is 5.97 Å². The van der Waals surface area contributed by atoms with Crippen molar-refractivity contribution in [2.75, 3.05) is 7.11 Å². The van der Waals surface area contributed by atoms with Crippen molar-refractivity contribution in [3.63, 3.8) is 0 Å². The van der Waals surface area contributed by atoms with Gasteiger partial charge in [-0.1, -0.05) is 6.07 Å². The Balaban J connectivity index is 2.73. The number of ether oxygens (including phenoxy) is 1. The normalized spacial score (nSPS) is 10.4. The zero-order chi connectivity index (χ0) is 10.1. The summed E-state index contributed by atoms with van der Waals surface area (Å²) in [5.74, 6) is -0.305. The molecule has 0 aliphatic carbocycles. The molecule has 4 heteroatoms. The van der Waals surface area contributed by atoms with Crippen molar-refractivity contribution in [2.45, 2.75) is 0 Å². The number of hydrogen-bond donors (Lipinski definition) is 1. The summed E-state index contributed by atoms with van der Waals surface area (Å²) in [7, 11) is 1.39. The van der Waals surface area contributed by atoms with Crippen LogP contribution in [0, 0.1) is 3.57 Å². The molecule has 0 aliphatic heterocycles. The second-order valence-electron chi connectivity index (χ2n) is 2.86. The number of nitrogens with one attached hydrogen (secondary N) is 1. The molecule has 0 fully saturated rings. The molecule has 14 heavy (non-hydrogen) atoms. The molecule has 3 nitrogen and oxygen atoms in total. The molecule has 0 unspecified atom stereocenters. The summed E-state index contributed by atoms with van der Waals surface area (Å²) < 4.78 is 5.74.